The summed E-state index contributed by atoms with van der Waals surface area (Å²) in [5.74, 6) is 0. The summed E-state index contributed by atoms with van der Waals surface area (Å²) in [4.78, 5) is 2.38. The van der Waals surface area contributed by atoms with Crippen LogP contribution in [-0.4, -0.2) is 27.2 Å². The maximum Gasteiger partial charge on any atom is 0.0425 e. The van der Waals surface area contributed by atoms with Gasteiger partial charge in [0.2, 0.25) is 0 Å². The van der Waals surface area contributed by atoms with Crippen LogP contribution < -0.4 is 10.2 Å². The van der Waals surface area contributed by atoms with Crippen molar-refractivity contribution in [1.82, 2.24) is 5.32 Å². The Bertz CT molecular complexity index is 321. The third kappa shape index (κ3) is 3.24. The van der Waals surface area contributed by atoms with E-state index in [2.05, 4.69) is 49.3 Å². The lowest BCUT2D eigenvalue weighted by Gasteiger charge is -2.24. The number of aryl methyl sites for hydroxylation is 2. The lowest BCUT2D eigenvalue weighted by atomic mass is 10.0. The molecule has 0 aliphatic rings. The minimum absolute atomic E-state index is 1.08. The molecule has 0 saturated carbocycles. The van der Waals surface area contributed by atoms with Crippen molar-refractivity contribution < 1.29 is 0 Å². The minimum atomic E-state index is 1.08. The van der Waals surface area contributed by atoms with Gasteiger partial charge in [-0.2, -0.15) is 0 Å². The molecule has 0 aromatic heterocycles. The van der Waals surface area contributed by atoms with Crippen LogP contribution in [0.25, 0.3) is 0 Å². The number of nitrogens with zero attached hydrogens (tertiary/aromatic N) is 1. The number of nitrogens with one attached hydrogen (secondary N) is 1. The first-order chi connectivity index (χ1) is 7.70. The number of hydrogen-bond donors (Lipinski definition) is 1. The van der Waals surface area contributed by atoms with Crippen molar-refractivity contribution in [2.24, 2.45) is 0 Å². The Hall–Kier alpha value is -1.02. The van der Waals surface area contributed by atoms with Crippen molar-refractivity contribution in [3.63, 3.8) is 0 Å². The van der Waals surface area contributed by atoms with Crippen LogP contribution in [0.3, 0.4) is 0 Å². The standard InChI is InChI=1S/C14H24N2/c1-5-13-9-6-8-12(2)14(13)16(4)11-7-10-15-3/h6,8-9,15H,5,7,10-11H2,1-4H3. The van der Waals surface area contributed by atoms with Gasteiger partial charge < -0.3 is 10.2 Å². The van der Waals surface area contributed by atoms with Crippen LogP contribution in [0.2, 0.25) is 0 Å². The van der Waals surface area contributed by atoms with Crippen LogP contribution in [0.5, 0.6) is 0 Å². The van der Waals surface area contributed by atoms with Crippen molar-refractivity contribution >= 4 is 5.69 Å². The molecule has 2 nitrogen and oxygen atoms in total. The topological polar surface area (TPSA) is 15.3 Å². The Morgan fingerprint density at radius 1 is 1.31 bits per heavy atom. The molecule has 0 amide bonds. The van der Waals surface area contributed by atoms with Crippen LogP contribution in [0, 0.1) is 6.92 Å². The Balaban J connectivity index is 2.76. The third-order valence-corrected chi connectivity index (χ3v) is 3.00. The zero-order chi connectivity index (χ0) is 12.0. The summed E-state index contributed by atoms with van der Waals surface area (Å²) in [6.07, 6.45) is 2.29. The quantitative estimate of drug-likeness (QED) is 0.741. The van der Waals surface area contributed by atoms with Crippen LogP contribution in [0.15, 0.2) is 18.2 Å². The highest BCUT2D eigenvalue weighted by Gasteiger charge is 2.08. The molecule has 16 heavy (non-hydrogen) atoms. The largest absolute Gasteiger partial charge is 0.374 e. The summed E-state index contributed by atoms with van der Waals surface area (Å²) < 4.78 is 0. The minimum Gasteiger partial charge on any atom is -0.374 e. The van der Waals surface area contributed by atoms with Gasteiger partial charge in [-0.05, 0) is 44.5 Å². The molecule has 0 heterocycles. The molecule has 0 atom stereocenters. The average Bonchev–Trinajstić information content (AvgIpc) is 2.28. The van der Waals surface area contributed by atoms with Crippen molar-refractivity contribution in [2.75, 3.05) is 32.1 Å². The Morgan fingerprint density at radius 2 is 2.06 bits per heavy atom. The first-order valence-electron chi connectivity index (χ1n) is 6.15. The molecule has 1 N–H and O–H groups in total. The molecule has 1 rings (SSSR count). The summed E-state index contributed by atoms with van der Waals surface area (Å²) in [5.41, 5.74) is 4.25. The predicted molar refractivity (Wildman–Crippen MR) is 72.4 cm³/mol. The highest BCUT2D eigenvalue weighted by atomic mass is 15.1. The van der Waals surface area contributed by atoms with Gasteiger partial charge in [-0.25, -0.2) is 0 Å². The fourth-order valence-electron chi connectivity index (χ4n) is 2.16. The van der Waals surface area contributed by atoms with E-state index in [-0.39, 0.29) is 0 Å². The Morgan fingerprint density at radius 3 is 2.69 bits per heavy atom. The van der Waals surface area contributed by atoms with E-state index in [1.807, 2.05) is 7.05 Å². The number of rotatable bonds is 6. The number of hydrogen-bond acceptors (Lipinski definition) is 2. The average molecular weight is 220 g/mol. The Kier molecular flexibility index (Phi) is 5.33. The SMILES string of the molecule is CCc1cccc(C)c1N(C)CCCNC. The molecule has 0 saturated heterocycles. The molecule has 0 fully saturated rings. The molecular weight excluding hydrogens is 196 g/mol. The molecule has 0 spiro atoms. The van der Waals surface area contributed by atoms with E-state index in [0.29, 0.717) is 0 Å². The summed E-state index contributed by atoms with van der Waals surface area (Å²) in [6, 6.07) is 6.58. The van der Waals surface area contributed by atoms with Gasteiger partial charge in [0.05, 0.1) is 0 Å². The Labute approximate surface area is 99.7 Å². The predicted octanol–water partition coefficient (Wildman–Crippen LogP) is 2.60. The van der Waals surface area contributed by atoms with Crippen molar-refractivity contribution in [2.45, 2.75) is 26.7 Å². The van der Waals surface area contributed by atoms with E-state index in [4.69, 9.17) is 0 Å². The molecule has 2 heteroatoms. The molecule has 0 aliphatic heterocycles. The fourth-order valence-corrected chi connectivity index (χ4v) is 2.16. The van der Waals surface area contributed by atoms with Crippen molar-refractivity contribution in [3.8, 4) is 0 Å². The van der Waals surface area contributed by atoms with Gasteiger partial charge in [-0.1, -0.05) is 25.1 Å². The van der Waals surface area contributed by atoms with Gasteiger partial charge in [-0.3, -0.25) is 0 Å². The van der Waals surface area contributed by atoms with Gasteiger partial charge in [0.1, 0.15) is 0 Å². The van der Waals surface area contributed by atoms with Crippen LogP contribution >= 0.6 is 0 Å². The van der Waals surface area contributed by atoms with E-state index >= 15 is 0 Å². The fraction of sp³-hybridized carbons (Fsp3) is 0.571. The summed E-state index contributed by atoms with van der Waals surface area (Å²) in [6.45, 7) is 6.61. The lowest BCUT2D eigenvalue weighted by molar-refractivity contribution is 0.711. The molecule has 90 valence electrons. The van der Waals surface area contributed by atoms with E-state index in [9.17, 15) is 0 Å². The van der Waals surface area contributed by atoms with Crippen LogP contribution in [0.4, 0.5) is 5.69 Å². The second kappa shape index (κ2) is 6.54. The molecular formula is C14H24N2. The molecule has 0 radical (unpaired) electrons. The normalized spacial score (nSPS) is 10.5. The van der Waals surface area contributed by atoms with Gasteiger partial charge >= 0.3 is 0 Å². The maximum absolute atomic E-state index is 3.19. The van der Waals surface area contributed by atoms with E-state index in [0.717, 1.165) is 19.5 Å². The van der Waals surface area contributed by atoms with Gasteiger partial charge in [0.15, 0.2) is 0 Å². The van der Waals surface area contributed by atoms with Gasteiger partial charge in [0.25, 0.3) is 0 Å². The molecule has 0 unspecified atom stereocenters. The number of anilines is 1. The monoisotopic (exact) mass is 220 g/mol. The van der Waals surface area contributed by atoms with E-state index in [1.165, 1.54) is 23.2 Å². The molecule has 1 aromatic carbocycles. The van der Waals surface area contributed by atoms with Crippen LogP contribution in [-0.2, 0) is 6.42 Å². The first kappa shape index (κ1) is 13.0. The number of benzene rings is 1. The third-order valence-electron chi connectivity index (χ3n) is 3.00. The van der Waals surface area contributed by atoms with E-state index in [1.54, 1.807) is 0 Å². The first-order valence-corrected chi connectivity index (χ1v) is 6.15. The highest BCUT2D eigenvalue weighted by molar-refractivity contribution is 5.58. The van der Waals surface area contributed by atoms with Crippen molar-refractivity contribution in [1.29, 1.82) is 0 Å². The maximum atomic E-state index is 3.19. The number of para-hydroxylation sites is 1. The lowest BCUT2D eigenvalue weighted by Crippen LogP contribution is -2.23. The highest BCUT2D eigenvalue weighted by Crippen LogP contribution is 2.24. The molecule has 1 aromatic rings. The smallest absolute Gasteiger partial charge is 0.0425 e. The summed E-state index contributed by atoms with van der Waals surface area (Å²) in [7, 11) is 4.20. The van der Waals surface area contributed by atoms with Gasteiger partial charge in [-0.15, -0.1) is 0 Å². The van der Waals surface area contributed by atoms with Crippen molar-refractivity contribution in [3.05, 3.63) is 29.3 Å². The van der Waals surface area contributed by atoms with E-state index < -0.39 is 0 Å². The summed E-state index contributed by atoms with van der Waals surface area (Å²) >= 11 is 0. The summed E-state index contributed by atoms with van der Waals surface area (Å²) in [5, 5.41) is 3.19. The second-order valence-corrected chi connectivity index (χ2v) is 4.31. The zero-order valence-corrected chi connectivity index (χ0v) is 11.0. The molecule has 0 bridgehead atoms. The van der Waals surface area contributed by atoms with Crippen LogP contribution in [0.1, 0.15) is 24.5 Å². The van der Waals surface area contributed by atoms with Gasteiger partial charge in [0, 0.05) is 19.3 Å². The second-order valence-electron chi connectivity index (χ2n) is 4.31. The zero-order valence-electron chi connectivity index (χ0n) is 11.0. The molecule has 0 aliphatic carbocycles.